The van der Waals surface area contributed by atoms with Gasteiger partial charge in [-0.15, -0.1) is 0 Å². The maximum atomic E-state index is 12.4. The molecule has 0 N–H and O–H groups in total. The molecule has 0 aromatic heterocycles. The topological polar surface area (TPSA) is 55.8 Å². The van der Waals surface area contributed by atoms with Crippen LogP contribution in [-0.4, -0.2) is 48.7 Å². The molecule has 1 saturated heterocycles. The molecule has 0 aliphatic carbocycles. The van der Waals surface area contributed by atoms with Gasteiger partial charge >= 0.3 is 5.97 Å². The summed E-state index contributed by atoms with van der Waals surface area (Å²) in [6.45, 7) is 3.57. The van der Waals surface area contributed by atoms with Crippen LogP contribution in [0, 0.1) is 0 Å². The fraction of sp³-hybridized carbons (Fsp3) is 0.467. The summed E-state index contributed by atoms with van der Waals surface area (Å²) in [7, 11) is 0. The van der Waals surface area contributed by atoms with Crippen molar-refractivity contribution >= 4 is 11.9 Å². The average Bonchev–Trinajstić information content (AvgIpc) is 2.46. The quantitative estimate of drug-likeness (QED) is 0.718. The Balaban J connectivity index is 1.76. The van der Waals surface area contributed by atoms with E-state index in [1.165, 1.54) is 0 Å². The number of carbonyl (C=O) groups excluding carboxylic acids is 2. The van der Waals surface area contributed by atoms with E-state index in [9.17, 15) is 9.59 Å². The van der Waals surface area contributed by atoms with Gasteiger partial charge in [-0.1, -0.05) is 18.2 Å². The van der Waals surface area contributed by atoms with Gasteiger partial charge < -0.3 is 14.4 Å². The third-order valence-corrected chi connectivity index (χ3v) is 3.72. The van der Waals surface area contributed by atoms with Gasteiger partial charge in [0, 0.05) is 19.5 Å². The number of nitrogens with zero attached hydrogens (tertiary/aromatic N) is 1. The van der Waals surface area contributed by atoms with E-state index in [4.69, 9.17) is 9.47 Å². The molecule has 2 atom stereocenters. The van der Waals surface area contributed by atoms with Crippen molar-refractivity contribution in [2.75, 3.05) is 19.7 Å². The van der Waals surface area contributed by atoms with Gasteiger partial charge in [-0.2, -0.15) is 0 Å². The lowest BCUT2D eigenvalue weighted by molar-refractivity contribution is -0.147. The molecule has 0 saturated carbocycles. The second-order valence-corrected chi connectivity index (χ2v) is 5.22. The van der Waals surface area contributed by atoms with Crippen LogP contribution in [0.5, 0.6) is 0 Å². The number of morpholine rings is 1. The van der Waals surface area contributed by atoms with Gasteiger partial charge in [-0.3, -0.25) is 4.79 Å². The highest BCUT2D eigenvalue weighted by Crippen LogP contribution is 2.22. The maximum Gasteiger partial charge on any atom is 0.339 e. The maximum absolute atomic E-state index is 12.4. The summed E-state index contributed by atoms with van der Waals surface area (Å²) < 4.78 is 10.7. The van der Waals surface area contributed by atoms with Crippen LogP contribution in [0.2, 0.25) is 0 Å². The number of cyclic esters (lactones) is 1. The van der Waals surface area contributed by atoms with Crippen LogP contribution in [-0.2, 0) is 20.7 Å². The van der Waals surface area contributed by atoms with Crippen LogP contribution in [0.1, 0.15) is 22.8 Å². The molecule has 2 unspecified atom stereocenters. The highest BCUT2D eigenvalue weighted by molar-refractivity contribution is 5.95. The predicted molar refractivity (Wildman–Crippen MR) is 71.3 cm³/mol. The number of rotatable bonds is 1. The zero-order valence-electron chi connectivity index (χ0n) is 11.4. The first kappa shape index (κ1) is 13.1. The van der Waals surface area contributed by atoms with E-state index in [0.29, 0.717) is 31.7 Å². The van der Waals surface area contributed by atoms with Crippen LogP contribution in [0.15, 0.2) is 24.3 Å². The Morgan fingerprint density at radius 2 is 2.15 bits per heavy atom. The summed E-state index contributed by atoms with van der Waals surface area (Å²) in [5, 5.41) is 0. The molecular weight excluding hydrogens is 258 g/mol. The third kappa shape index (κ3) is 2.41. The number of fused-ring (bicyclic) bond motifs is 1. The van der Waals surface area contributed by atoms with Gasteiger partial charge in [-0.05, 0) is 18.6 Å². The first-order chi connectivity index (χ1) is 9.65. The third-order valence-electron chi connectivity index (χ3n) is 3.72. The minimum absolute atomic E-state index is 0.0271. The summed E-state index contributed by atoms with van der Waals surface area (Å²) in [5.41, 5.74) is 1.44. The summed E-state index contributed by atoms with van der Waals surface area (Å²) in [6.07, 6.45) is -0.228. The predicted octanol–water partition coefficient (Wildman–Crippen LogP) is 1.02. The molecule has 0 spiro atoms. The van der Waals surface area contributed by atoms with Gasteiger partial charge in [0.25, 0.3) is 5.91 Å². The minimum atomic E-state index is -0.706. The molecule has 2 aliphatic rings. The standard InChI is InChI=1S/C15H17NO4/c1-10-9-16(6-7-19-10)14(17)13-8-11-4-2-3-5-12(11)15(18)20-13/h2-5,10,13H,6-9H2,1H3. The zero-order valence-corrected chi connectivity index (χ0v) is 11.4. The second-order valence-electron chi connectivity index (χ2n) is 5.22. The monoisotopic (exact) mass is 275 g/mol. The average molecular weight is 275 g/mol. The summed E-state index contributed by atoms with van der Waals surface area (Å²) >= 11 is 0. The van der Waals surface area contributed by atoms with Crippen molar-refractivity contribution < 1.29 is 19.1 Å². The molecule has 1 aromatic carbocycles. The Bertz CT molecular complexity index is 542. The summed E-state index contributed by atoms with van der Waals surface area (Å²) in [6, 6.07) is 7.27. The molecule has 1 fully saturated rings. The SMILES string of the molecule is CC1CN(C(=O)C2Cc3ccccc3C(=O)O2)CCO1. The molecule has 1 aromatic rings. The lowest BCUT2D eigenvalue weighted by Crippen LogP contribution is -2.50. The molecule has 1 amide bonds. The van der Waals surface area contributed by atoms with E-state index in [1.54, 1.807) is 17.0 Å². The number of hydrogen-bond donors (Lipinski definition) is 0. The van der Waals surface area contributed by atoms with Crippen molar-refractivity contribution in [1.82, 2.24) is 4.90 Å². The highest BCUT2D eigenvalue weighted by Gasteiger charge is 2.35. The molecule has 2 heterocycles. The zero-order chi connectivity index (χ0) is 14.1. The van der Waals surface area contributed by atoms with E-state index < -0.39 is 12.1 Å². The number of ether oxygens (including phenoxy) is 2. The Hall–Kier alpha value is -1.88. The molecule has 0 radical (unpaired) electrons. The van der Waals surface area contributed by atoms with Gasteiger partial charge in [0.15, 0.2) is 6.10 Å². The van der Waals surface area contributed by atoms with Crippen molar-refractivity contribution in [1.29, 1.82) is 0 Å². The lowest BCUT2D eigenvalue weighted by atomic mass is 9.98. The first-order valence-corrected chi connectivity index (χ1v) is 6.84. The Morgan fingerprint density at radius 1 is 1.35 bits per heavy atom. The van der Waals surface area contributed by atoms with Crippen molar-refractivity contribution in [2.24, 2.45) is 0 Å². The smallest absolute Gasteiger partial charge is 0.339 e. The minimum Gasteiger partial charge on any atom is -0.448 e. The summed E-state index contributed by atoms with van der Waals surface area (Å²) in [5.74, 6) is -0.533. The molecule has 5 nitrogen and oxygen atoms in total. The van der Waals surface area contributed by atoms with Crippen molar-refractivity contribution in [3.8, 4) is 0 Å². The largest absolute Gasteiger partial charge is 0.448 e. The fourth-order valence-electron chi connectivity index (χ4n) is 2.69. The van der Waals surface area contributed by atoms with Crippen LogP contribution >= 0.6 is 0 Å². The number of benzene rings is 1. The second kappa shape index (κ2) is 5.25. The van der Waals surface area contributed by atoms with Crippen molar-refractivity contribution in [2.45, 2.75) is 25.6 Å². The van der Waals surface area contributed by atoms with E-state index in [0.717, 1.165) is 5.56 Å². The Morgan fingerprint density at radius 3 is 2.95 bits per heavy atom. The van der Waals surface area contributed by atoms with Crippen LogP contribution in [0.3, 0.4) is 0 Å². The molecular formula is C15H17NO4. The van der Waals surface area contributed by atoms with Gasteiger partial charge in [0.1, 0.15) is 0 Å². The first-order valence-electron chi connectivity index (χ1n) is 6.84. The Labute approximate surface area is 117 Å². The molecule has 106 valence electrons. The summed E-state index contributed by atoms with van der Waals surface area (Å²) in [4.78, 5) is 26.1. The van der Waals surface area contributed by atoms with Gasteiger partial charge in [-0.25, -0.2) is 4.79 Å². The normalized spacial score (nSPS) is 25.9. The van der Waals surface area contributed by atoms with Crippen molar-refractivity contribution in [3.63, 3.8) is 0 Å². The number of esters is 1. The van der Waals surface area contributed by atoms with Crippen molar-refractivity contribution in [3.05, 3.63) is 35.4 Å². The van der Waals surface area contributed by atoms with Crippen LogP contribution in [0.4, 0.5) is 0 Å². The van der Waals surface area contributed by atoms with E-state index in [1.807, 2.05) is 19.1 Å². The van der Waals surface area contributed by atoms with E-state index in [2.05, 4.69) is 0 Å². The van der Waals surface area contributed by atoms with Crippen LogP contribution in [0.25, 0.3) is 0 Å². The molecule has 20 heavy (non-hydrogen) atoms. The van der Waals surface area contributed by atoms with E-state index in [-0.39, 0.29) is 12.0 Å². The highest BCUT2D eigenvalue weighted by atomic mass is 16.5. The molecule has 5 heteroatoms. The molecule has 2 aliphatic heterocycles. The lowest BCUT2D eigenvalue weighted by Gasteiger charge is -2.34. The van der Waals surface area contributed by atoms with Gasteiger partial charge in [0.2, 0.25) is 0 Å². The molecule has 0 bridgehead atoms. The molecule has 3 rings (SSSR count). The number of amides is 1. The Kier molecular flexibility index (Phi) is 3.44. The fourth-order valence-corrected chi connectivity index (χ4v) is 2.69. The van der Waals surface area contributed by atoms with E-state index >= 15 is 0 Å². The number of hydrogen-bond acceptors (Lipinski definition) is 4. The van der Waals surface area contributed by atoms with Gasteiger partial charge in [0.05, 0.1) is 18.3 Å². The number of carbonyl (C=O) groups is 2. The van der Waals surface area contributed by atoms with Crippen LogP contribution < -0.4 is 0 Å².